The predicted molar refractivity (Wildman–Crippen MR) is 157 cm³/mol. The van der Waals surface area contributed by atoms with Crippen LogP contribution >= 0.6 is 0 Å². The highest BCUT2D eigenvalue weighted by Gasteiger charge is 2.36. The molecule has 2 bridgehead atoms. The number of nitrogens with two attached hydrogens (primary N) is 1. The number of rotatable bonds is 5. The highest BCUT2D eigenvalue weighted by molar-refractivity contribution is 6.19. The fourth-order valence-corrected chi connectivity index (χ4v) is 5.80. The van der Waals surface area contributed by atoms with Crippen LogP contribution in [0.3, 0.4) is 0 Å². The van der Waals surface area contributed by atoms with Gasteiger partial charge in [0.1, 0.15) is 5.69 Å². The van der Waals surface area contributed by atoms with Crippen LogP contribution in [0, 0.1) is 5.41 Å². The smallest absolute Gasteiger partial charge is 0.291 e. The molecule has 1 amide bonds. The molecule has 3 aromatic rings. The van der Waals surface area contributed by atoms with E-state index in [9.17, 15) is 4.79 Å². The largest absolute Gasteiger partial charge is 0.405 e. The van der Waals surface area contributed by atoms with Crippen molar-refractivity contribution in [2.75, 3.05) is 23.3 Å². The van der Waals surface area contributed by atoms with E-state index >= 15 is 0 Å². The van der Waals surface area contributed by atoms with Gasteiger partial charge in [-0.1, -0.05) is 48.5 Å². The molecule has 7 rings (SSSR count). The van der Waals surface area contributed by atoms with Crippen molar-refractivity contribution in [3.05, 3.63) is 89.2 Å². The zero-order valence-electron chi connectivity index (χ0n) is 22.5. The highest BCUT2D eigenvalue weighted by atomic mass is 16.5. The quantitative estimate of drug-likeness (QED) is 0.327. The first kappa shape index (κ1) is 25.4. The van der Waals surface area contributed by atoms with Crippen LogP contribution in [0.15, 0.2) is 76.8 Å². The summed E-state index contributed by atoms with van der Waals surface area (Å²) in [5, 5.41) is 11.7. The predicted octanol–water partition coefficient (Wildman–Crippen LogP) is 3.80. The fraction of sp³-hybridized carbons (Fsp3) is 0.323. The van der Waals surface area contributed by atoms with Gasteiger partial charge in [0, 0.05) is 30.4 Å². The normalized spacial score (nSPS) is 23.8. The molecule has 1 saturated carbocycles. The minimum Gasteiger partial charge on any atom is -0.405 e. The second-order valence-corrected chi connectivity index (χ2v) is 10.9. The first-order valence-corrected chi connectivity index (χ1v) is 14.1. The molecule has 10 heteroatoms. The van der Waals surface area contributed by atoms with Gasteiger partial charge < -0.3 is 25.4 Å². The van der Waals surface area contributed by atoms with Gasteiger partial charge in [-0.3, -0.25) is 10.2 Å². The number of hydrogen-bond acceptors (Lipinski definition) is 8. The number of ether oxygens (including phenoxy) is 2. The Morgan fingerprint density at radius 1 is 1.05 bits per heavy atom. The van der Waals surface area contributed by atoms with Crippen LogP contribution in [0.5, 0.6) is 0 Å². The van der Waals surface area contributed by atoms with Gasteiger partial charge >= 0.3 is 0 Å². The average molecular weight is 550 g/mol. The molecule has 4 N–H and O–H groups in total. The van der Waals surface area contributed by atoms with Crippen LogP contribution in [-0.4, -0.2) is 60.0 Å². The molecule has 1 aromatic heterocycles. The lowest BCUT2D eigenvalue weighted by atomic mass is 10.0. The van der Waals surface area contributed by atoms with E-state index in [-0.39, 0.29) is 24.1 Å². The summed E-state index contributed by atoms with van der Waals surface area (Å²) in [5.41, 5.74) is 11.5. The molecule has 3 aliphatic heterocycles. The maximum Gasteiger partial charge on any atom is 0.291 e. The molecule has 4 heterocycles. The number of aliphatic imine (C=N–C) groups is 2. The van der Waals surface area contributed by atoms with E-state index in [4.69, 9.17) is 20.6 Å². The Morgan fingerprint density at radius 2 is 1.78 bits per heavy atom. The van der Waals surface area contributed by atoms with Crippen LogP contribution in [0.25, 0.3) is 0 Å². The zero-order chi connectivity index (χ0) is 27.9. The van der Waals surface area contributed by atoms with Crippen LogP contribution < -0.4 is 16.0 Å². The minimum absolute atomic E-state index is 0.183. The number of pyridine rings is 1. The molecule has 2 saturated heterocycles. The number of fused-ring (bicyclic) bond motifs is 3. The first-order chi connectivity index (χ1) is 20.0. The van der Waals surface area contributed by atoms with E-state index in [1.165, 1.54) is 5.56 Å². The van der Waals surface area contributed by atoms with Crippen molar-refractivity contribution in [3.63, 3.8) is 0 Å². The third-order valence-electron chi connectivity index (χ3n) is 7.97. The molecule has 3 atom stereocenters. The number of amidine groups is 1. The van der Waals surface area contributed by atoms with Crippen LogP contribution in [0.2, 0.25) is 0 Å². The number of anilines is 2. The fourth-order valence-electron chi connectivity index (χ4n) is 5.80. The lowest BCUT2D eigenvalue weighted by molar-refractivity contribution is -0.117. The maximum absolute atomic E-state index is 13.2. The first-order valence-electron chi connectivity index (χ1n) is 14.1. The minimum atomic E-state index is -1.20. The van der Waals surface area contributed by atoms with Crippen LogP contribution in [0.4, 0.5) is 11.4 Å². The number of carbonyl (C=O) groups excluding carboxylic acids is 1. The number of aromatic nitrogens is 1. The third-order valence-corrected chi connectivity index (χ3v) is 7.97. The molecule has 41 heavy (non-hydrogen) atoms. The summed E-state index contributed by atoms with van der Waals surface area (Å²) in [7, 11) is 0. The molecule has 3 fully saturated rings. The third kappa shape index (κ3) is 5.18. The summed E-state index contributed by atoms with van der Waals surface area (Å²) in [6.07, 6.45) is 5.37. The molecule has 0 radical (unpaired) electrons. The topological polar surface area (TPSA) is 138 Å². The number of carbonyl (C=O) groups is 1. The van der Waals surface area contributed by atoms with E-state index in [0.717, 1.165) is 55.6 Å². The number of nitrogens with one attached hydrogen (secondary N) is 2. The number of para-hydroxylation sites is 1. The molecular weight excluding hydrogens is 518 g/mol. The number of benzodiazepines with no additional fused rings is 1. The number of nitrogens with zero attached hydrogens (tertiary/aromatic N) is 4. The molecule has 2 unspecified atom stereocenters. The van der Waals surface area contributed by atoms with Gasteiger partial charge in [0.05, 0.1) is 29.3 Å². The Kier molecular flexibility index (Phi) is 6.47. The maximum atomic E-state index is 13.2. The van der Waals surface area contributed by atoms with E-state index in [1.807, 2.05) is 60.8 Å². The van der Waals surface area contributed by atoms with Crippen molar-refractivity contribution in [2.45, 2.75) is 50.0 Å². The van der Waals surface area contributed by atoms with Gasteiger partial charge in [-0.25, -0.2) is 9.98 Å². The number of amides is 1. The van der Waals surface area contributed by atoms with Crippen LogP contribution in [0.1, 0.15) is 54.0 Å². The summed E-state index contributed by atoms with van der Waals surface area (Å²) >= 11 is 0. The van der Waals surface area contributed by atoms with Gasteiger partial charge in [-0.15, -0.1) is 0 Å². The Hall–Kier alpha value is -4.57. The molecule has 208 valence electrons. The van der Waals surface area contributed by atoms with E-state index in [2.05, 4.69) is 31.3 Å². The number of morpholine rings is 1. The van der Waals surface area contributed by atoms with Gasteiger partial charge in [0.2, 0.25) is 12.1 Å². The van der Waals surface area contributed by atoms with Crippen molar-refractivity contribution >= 4 is 34.9 Å². The van der Waals surface area contributed by atoms with Crippen LogP contribution in [-0.2, 0) is 14.3 Å². The summed E-state index contributed by atoms with van der Waals surface area (Å²) in [4.78, 5) is 29.0. The summed E-state index contributed by atoms with van der Waals surface area (Å²) in [6, 6.07) is 18.9. The van der Waals surface area contributed by atoms with Crippen molar-refractivity contribution in [2.24, 2.45) is 15.7 Å². The van der Waals surface area contributed by atoms with Crippen molar-refractivity contribution < 1.29 is 14.3 Å². The van der Waals surface area contributed by atoms with Crippen molar-refractivity contribution in [3.8, 4) is 0 Å². The second kappa shape index (κ2) is 10.4. The monoisotopic (exact) mass is 549 g/mol. The van der Waals surface area contributed by atoms with Gasteiger partial charge in [0.15, 0.2) is 0 Å². The van der Waals surface area contributed by atoms with Gasteiger partial charge in [-0.05, 0) is 49.3 Å². The Bertz CT molecular complexity index is 1550. The summed E-state index contributed by atoms with van der Waals surface area (Å²) < 4.78 is 11.7. The highest BCUT2D eigenvalue weighted by Crippen LogP contribution is 2.42. The zero-order valence-corrected chi connectivity index (χ0v) is 22.5. The van der Waals surface area contributed by atoms with Gasteiger partial charge in [-0.2, -0.15) is 4.99 Å². The molecule has 1 aliphatic carbocycles. The average Bonchev–Trinajstić information content (AvgIpc) is 3.80. The van der Waals surface area contributed by atoms with Gasteiger partial charge in [0.25, 0.3) is 11.9 Å². The molecule has 0 spiro atoms. The Labute approximate surface area is 237 Å². The summed E-state index contributed by atoms with van der Waals surface area (Å²) in [5.74, 6) is -0.158. The van der Waals surface area contributed by atoms with Crippen molar-refractivity contribution in [1.82, 2.24) is 4.98 Å². The Balaban J connectivity index is 1.17. The number of hydrogen-bond donors (Lipinski definition) is 3. The standard InChI is InChI=1S/C31H31N7O3/c32-28(27-25(14-20(15-34-27)18-10-11-18)38-16-21-12-13-22(17-38)40-21)41-31(33)37-29-30(39)35-24-9-5-4-8-23(24)26(36-29)19-6-2-1-3-7-19/h1-9,14-15,18,21-22,29,32H,10-13,16-17H2,(H2,33,37)(H,35,39)/t21?,22?,29-/m1/s1. The molecule has 10 nitrogen and oxygen atoms in total. The number of benzene rings is 2. The van der Waals surface area contributed by atoms with Crippen molar-refractivity contribution in [1.29, 1.82) is 5.41 Å². The second-order valence-electron chi connectivity index (χ2n) is 10.9. The molecular formula is C31H31N7O3. The summed E-state index contributed by atoms with van der Waals surface area (Å²) in [6.45, 7) is 1.49. The lowest BCUT2D eigenvalue weighted by Crippen LogP contribution is -2.43. The van der Waals surface area contributed by atoms with E-state index in [1.54, 1.807) is 0 Å². The molecule has 4 aliphatic rings. The molecule has 2 aromatic carbocycles. The lowest BCUT2D eigenvalue weighted by Gasteiger charge is -2.34. The SMILES string of the molecule is N=C(OC(N)=N[C@H]1N=C(c2ccccc2)c2ccccc2NC1=O)c1ncc(C2CC2)cc1N1CC2CCC(C1)O2. The van der Waals surface area contributed by atoms with E-state index < -0.39 is 12.1 Å². The Morgan fingerprint density at radius 3 is 2.54 bits per heavy atom. The van der Waals surface area contributed by atoms with E-state index in [0.29, 0.717) is 23.0 Å².